The van der Waals surface area contributed by atoms with Crippen molar-refractivity contribution in [3.63, 3.8) is 0 Å². The molecule has 0 spiro atoms. The first-order chi connectivity index (χ1) is 10.9. The van der Waals surface area contributed by atoms with Gasteiger partial charge in [-0.2, -0.15) is 0 Å². The number of para-hydroxylation sites is 1. The molecule has 120 valence electrons. The van der Waals surface area contributed by atoms with E-state index in [-0.39, 0.29) is 11.3 Å². The summed E-state index contributed by atoms with van der Waals surface area (Å²) < 4.78 is 5.09. The Kier molecular flexibility index (Phi) is 5.24. The molecule has 0 fully saturated rings. The van der Waals surface area contributed by atoms with E-state index >= 15 is 0 Å². The average Bonchev–Trinajstić information content (AvgIpc) is 2.52. The third-order valence-electron chi connectivity index (χ3n) is 3.22. The van der Waals surface area contributed by atoms with Gasteiger partial charge in [-0.25, -0.2) is 4.79 Å². The third-order valence-corrected chi connectivity index (χ3v) is 3.47. The van der Waals surface area contributed by atoms with E-state index in [4.69, 9.17) is 16.3 Å². The predicted octanol–water partition coefficient (Wildman–Crippen LogP) is 3.54. The van der Waals surface area contributed by atoms with Crippen molar-refractivity contribution in [2.24, 2.45) is 0 Å². The fourth-order valence-corrected chi connectivity index (χ4v) is 2.00. The molecule has 2 aromatic carbocycles. The van der Waals surface area contributed by atoms with Crippen LogP contribution in [0.2, 0.25) is 5.02 Å². The molecule has 0 saturated heterocycles. The smallest absolute Gasteiger partial charge is 0.342 e. The molecule has 23 heavy (non-hydrogen) atoms. The number of aryl methyl sites for hydroxylation is 1. The fraction of sp³-hybridized carbons (Fsp3) is 0.176. The van der Waals surface area contributed by atoms with Gasteiger partial charge in [0.25, 0.3) is 5.91 Å². The molecule has 0 bridgehead atoms. The van der Waals surface area contributed by atoms with E-state index in [0.29, 0.717) is 16.3 Å². The number of benzene rings is 2. The summed E-state index contributed by atoms with van der Waals surface area (Å²) in [6, 6.07) is 11.3. The van der Waals surface area contributed by atoms with Crippen LogP contribution >= 0.6 is 11.6 Å². The molecule has 1 atom stereocenters. The van der Waals surface area contributed by atoms with Gasteiger partial charge in [0, 0.05) is 10.7 Å². The van der Waals surface area contributed by atoms with E-state index in [9.17, 15) is 14.7 Å². The number of esters is 1. The zero-order chi connectivity index (χ0) is 17.0. The summed E-state index contributed by atoms with van der Waals surface area (Å²) in [5, 5.41) is 13.0. The molecule has 2 aromatic rings. The molecule has 0 aromatic heterocycles. The number of anilines is 1. The topological polar surface area (TPSA) is 75.6 Å². The highest BCUT2D eigenvalue weighted by Crippen LogP contribution is 2.22. The minimum absolute atomic E-state index is 0.0242. The number of amides is 1. The Morgan fingerprint density at radius 2 is 1.83 bits per heavy atom. The van der Waals surface area contributed by atoms with Crippen LogP contribution in [0, 0.1) is 6.92 Å². The maximum atomic E-state index is 12.1. The zero-order valence-electron chi connectivity index (χ0n) is 12.7. The Morgan fingerprint density at radius 1 is 1.17 bits per heavy atom. The van der Waals surface area contributed by atoms with E-state index in [1.54, 1.807) is 43.3 Å². The number of nitrogens with one attached hydrogen (secondary N) is 1. The lowest BCUT2D eigenvalue weighted by atomic mass is 10.1. The molecule has 5 nitrogen and oxygen atoms in total. The number of carbonyl (C=O) groups excluding carboxylic acids is 2. The summed E-state index contributed by atoms with van der Waals surface area (Å²) in [6.07, 6.45) is -1.02. The van der Waals surface area contributed by atoms with Gasteiger partial charge in [0.1, 0.15) is 11.3 Å². The van der Waals surface area contributed by atoms with Crippen molar-refractivity contribution in [2.45, 2.75) is 20.0 Å². The van der Waals surface area contributed by atoms with E-state index in [0.717, 1.165) is 0 Å². The summed E-state index contributed by atoms with van der Waals surface area (Å²) in [4.78, 5) is 24.1. The van der Waals surface area contributed by atoms with Crippen molar-refractivity contribution in [3.05, 3.63) is 58.6 Å². The maximum Gasteiger partial charge on any atom is 0.342 e. The Balaban J connectivity index is 2.01. The van der Waals surface area contributed by atoms with Crippen LogP contribution in [0.3, 0.4) is 0 Å². The molecule has 2 N–H and O–H groups in total. The Labute approximate surface area is 138 Å². The number of ether oxygens (including phenoxy) is 1. The first kappa shape index (κ1) is 16.8. The van der Waals surface area contributed by atoms with Gasteiger partial charge in [0.15, 0.2) is 6.10 Å². The summed E-state index contributed by atoms with van der Waals surface area (Å²) >= 11 is 5.77. The van der Waals surface area contributed by atoms with Gasteiger partial charge in [-0.05, 0) is 49.7 Å². The summed E-state index contributed by atoms with van der Waals surface area (Å²) in [7, 11) is 0. The highest BCUT2D eigenvalue weighted by molar-refractivity contribution is 6.30. The number of rotatable bonds is 4. The van der Waals surface area contributed by atoms with Gasteiger partial charge < -0.3 is 15.2 Å². The van der Waals surface area contributed by atoms with Crippen LogP contribution in [-0.2, 0) is 9.53 Å². The molecular weight excluding hydrogens is 318 g/mol. The molecule has 6 heteroatoms. The molecule has 1 unspecified atom stereocenters. The van der Waals surface area contributed by atoms with E-state index in [1.807, 2.05) is 0 Å². The van der Waals surface area contributed by atoms with Gasteiger partial charge in [-0.1, -0.05) is 23.7 Å². The van der Waals surface area contributed by atoms with E-state index in [1.165, 1.54) is 13.0 Å². The Morgan fingerprint density at radius 3 is 2.48 bits per heavy atom. The minimum Gasteiger partial charge on any atom is -0.507 e. The standard InChI is InChI=1S/C17H16ClNO4/c1-10-4-3-5-14(15(10)20)17(22)23-11(2)16(21)19-13-8-6-12(18)7-9-13/h3-9,11,20H,1-2H3,(H,19,21). The second-order valence-electron chi connectivity index (χ2n) is 5.01. The average molecular weight is 334 g/mol. The number of carbonyl (C=O) groups is 2. The van der Waals surface area contributed by atoms with E-state index < -0.39 is 18.0 Å². The van der Waals surface area contributed by atoms with Crippen LogP contribution in [-0.4, -0.2) is 23.1 Å². The predicted molar refractivity (Wildman–Crippen MR) is 87.8 cm³/mol. The number of halogens is 1. The van der Waals surface area contributed by atoms with Gasteiger partial charge in [0.2, 0.25) is 0 Å². The lowest BCUT2D eigenvalue weighted by molar-refractivity contribution is -0.123. The van der Waals surface area contributed by atoms with Gasteiger partial charge >= 0.3 is 5.97 Å². The Bertz CT molecular complexity index is 728. The molecule has 0 radical (unpaired) electrons. The number of phenols is 1. The number of hydrogen-bond donors (Lipinski definition) is 2. The van der Waals surface area contributed by atoms with Crippen molar-refractivity contribution in [1.29, 1.82) is 0 Å². The fourth-order valence-electron chi connectivity index (χ4n) is 1.88. The lowest BCUT2D eigenvalue weighted by Gasteiger charge is -2.14. The Hall–Kier alpha value is -2.53. The minimum atomic E-state index is -1.02. The monoisotopic (exact) mass is 333 g/mol. The molecule has 0 aliphatic heterocycles. The summed E-state index contributed by atoms with van der Waals surface area (Å²) in [5.41, 5.74) is 1.12. The highest BCUT2D eigenvalue weighted by Gasteiger charge is 2.21. The van der Waals surface area contributed by atoms with Crippen molar-refractivity contribution in [1.82, 2.24) is 0 Å². The third kappa shape index (κ3) is 4.23. The van der Waals surface area contributed by atoms with Crippen molar-refractivity contribution in [3.8, 4) is 5.75 Å². The normalized spacial score (nSPS) is 11.6. The first-order valence-electron chi connectivity index (χ1n) is 6.94. The van der Waals surface area contributed by atoms with Crippen LogP contribution in [0.5, 0.6) is 5.75 Å². The van der Waals surface area contributed by atoms with Gasteiger partial charge in [-0.3, -0.25) is 4.79 Å². The number of phenolic OH excluding ortho intramolecular Hbond substituents is 1. The van der Waals surface area contributed by atoms with E-state index in [2.05, 4.69) is 5.32 Å². The highest BCUT2D eigenvalue weighted by atomic mass is 35.5. The summed E-state index contributed by atoms with van der Waals surface area (Å²) in [6.45, 7) is 3.12. The number of aromatic hydroxyl groups is 1. The molecule has 0 aliphatic rings. The van der Waals surface area contributed by atoms with Crippen molar-refractivity contribution in [2.75, 3.05) is 5.32 Å². The van der Waals surface area contributed by atoms with Crippen LogP contribution in [0.25, 0.3) is 0 Å². The summed E-state index contributed by atoms with van der Waals surface area (Å²) in [5.74, 6) is -1.39. The second kappa shape index (κ2) is 7.15. The molecule has 0 aliphatic carbocycles. The largest absolute Gasteiger partial charge is 0.507 e. The SMILES string of the molecule is Cc1cccc(C(=O)OC(C)C(=O)Nc2ccc(Cl)cc2)c1O. The van der Waals surface area contributed by atoms with Crippen LogP contribution in [0.15, 0.2) is 42.5 Å². The first-order valence-corrected chi connectivity index (χ1v) is 7.32. The lowest BCUT2D eigenvalue weighted by Crippen LogP contribution is -2.30. The van der Waals surface area contributed by atoms with Crippen molar-refractivity contribution < 1.29 is 19.4 Å². The maximum absolute atomic E-state index is 12.1. The van der Waals surface area contributed by atoms with Gasteiger partial charge in [0.05, 0.1) is 0 Å². The molecule has 1 amide bonds. The second-order valence-corrected chi connectivity index (χ2v) is 5.45. The zero-order valence-corrected chi connectivity index (χ0v) is 13.4. The molecular formula is C17H16ClNO4. The van der Waals surface area contributed by atoms with Crippen LogP contribution in [0.1, 0.15) is 22.8 Å². The molecule has 2 rings (SSSR count). The van der Waals surface area contributed by atoms with Crippen LogP contribution in [0.4, 0.5) is 5.69 Å². The number of hydrogen-bond acceptors (Lipinski definition) is 4. The van der Waals surface area contributed by atoms with Gasteiger partial charge in [-0.15, -0.1) is 0 Å². The molecule has 0 heterocycles. The van der Waals surface area contributed by atoms with Crippen molar-refractivity contribution >= 4 is 29.2 Å². The quantitative estimate of drug-likeness (QED) is 0.839. The molecule has 0 saturated carbocycles. The van der Waals surface area contributed by atoms with Crippen LogP contribution < -0.4 is 5.32 Å².